The van der Waals surface area contributed by atoms with Crippen LogP contribution in [0.5, 0.6) is 11.5 Å². The average molecular weight is 663 g/mol. The highest BCUT2D eigenvalue weighted by Gasteiger charge is 2.66. The normalized spacial score (nSPS) is 29.4. The third-order valence-corrected chi connectivity index (χ3v) is 12.7. The summed E-state index contributed by atoms with van der Waals surface area (Å²) in [5.74, 6) is 2.11. The average Bonchev–Trinajstić information content (AvgIpc) is 3.69. The van der Waals surface area contributed by atoms with Crippen LogP contribution in [0.2, 0.25) is 0 Å². The third-order valence-electron chi connectivity index (χ3n) is 12.7. The van der Waals surface area contributed by atoms with E-state index in [1.807, 2.05) is 6.07 Å². The van der Waals surface area contributed by atoms with E-state index in [9.17, 15) is 9.90 Å². The summed E-state index contributed by atoms with van der Waals surface area (Å²) in [6, 6.07) is 26.8. The van der Waals surface area contributed by atoms with Crippen molar-refractivity contribution in [2.24, 2.45) is 11.8 Å². The first-order chi connectivity index (χ1) is 24.0. The van der Waals surface area contributed by atoms with Crippen LogP contribution in [-0.2, 0) is 29.5 Å². The zero-order valence-electron chi connectivity index (χ0n) is 29.3. The number of esters is 1. The van der Waals surface area contributed by atoms with Gasteiger partial charge in [0.05, 0.1) is 6.10 Å². The van der Waals surface area contributed by atoms with Crippen LogP contribution in [0.3, 0.4) is 0 Å². The molecule has 3 aromatic carbocycles. The molecule has 2 heterocycles. The Morgan fingerprint density at radius 1 is 0.918 bits per heavy atom. The second-order valence-corrected chi connectivity index (χ2v) is 15.7. The third kappa shape index (κ3) is 6.57. The highest BCUT2D eigenvalue weighted by atomic mass is 16.6. The number of hydrogen-bond acceptors (Lipinski definition) is 6. The van der Waals surface area contributed by atoms with Gasteiger partial charge < -0.3 is 14.6 Å². The molecular weight excluding hydrogens is 608 g/mol. The van der Waals surface area contributed by atoms with Crippen molar-refractivity contribution in [3.8, 4) is 11.5 Å². The molecule has 0 aromatic heterocycles. The fraction of sp³-hybridized carbons (Fsp3) is 0.558. The van der Waals surface area contributed by atoms with Crippen molar-refractivity contribution in [2.75, 3.05) is 26.2 Å². The van der Waals surface area contributed by atoms with Gasteiger partial charge in [-0.1, -0.05) is 79.6 Å². The largest absolute Gasteiger partial charge is 0.484 e. The molecule has 8 rings (SSSR count). The maximum Gasteiger partial charge on any atom is 0.308 e. The Balaban J connectivity index is 1.04. The van der Waals surface area contributed by atoms with Gasteiger partial charge in [-0.05, 0) is 113 Å². The maximum absolute atomic E-state index is 12.2. The number of nitrogens with zero attached hydrogens (tertiary/aromatic N) is 2. The van der Waals surface area contributed by atoms with E-state index in [1.54, 1.807) is 0 Å². The zero-order valence-corrected chi connectivity index (χ0v) is 29.3. The molecule has 2 saturated carbocycles. The Morgan fingerprint density at radius 2 is 1.61 bits per heavy atom. The molecule has 2 unspecified atom stereocenters. The molecule has 2 aliphatic heterocycles. The Labute approximate surface area is 292 Å². The van der Waals surface area contributed by atoms with Gasteiger partial charge in [0, 0.05) is 42.4 Å². The number of hydrogen-bond donors (Lipinski definition) is 1. The van der Waals surface area contributed by atoms with Crippen molar-refractivity contribution in [1.29, 1.82) is 0 Å². The van der Waals surface area contributed by atoms with Gasteiger partial charge in [-0.25, -0.2) is 0 Å². The molecule has 260 valence electrons. The topological polar surface area (TPSA) is 62.2 Å². The molecule has 6 nitrogen and oxygen atoms in total. The standard InChI is InChI=1S/C43H54N2O4/c1-30(46)48-39-22-19-33-27-37-35-20-21-36(42-43(35,40(33)41(39)49-42)23-26-45(37)29-34-28-38(34)47)44(25-12-18-32-16-9-5-10-17-32)24-11-3-2-6-13-31-14-7-4-8-15-31/h4-5,7-10,14-17,19,22,34-38,42,47H,2-3,6,11-13,18,20-21,23-29H2,1H3/t34?,35-,36-,37+,38?,42-,43-/m0/s1. The van der Waals surface area contributed by atoms with Gasteiger partial charge in [0.15, 0.2) is 11.5 Å². The van der Waals surface area contributed by atoms with Crippen molar-refractivity contribution in [1.82, 2.24) is 9.80 Å². The predicted octanol–water partition coefficient (Wildman–Crippen LogP) is 7.14. The number of rotatable bonds is 15. The predicted molar refractivity (Wildman–Crippen MR) is 193 cm³/mol. The van der Waals surface area contributed by atoms with Gasteiger partial charge in [-0.2, -0.15) is 0 Å². The number of likely N-dealkylation sites (tertiary alicyclic amines) is 1. The lowest BCUT2D eigenvalue weighted by atomic mass is 9.51. The van der Waals surface area contributed by atoms with Crippen LogP contribution in [0.15, 0.2) is 72.8 Å². The molecule has 6 heteroatoms. The van der Waals surface area contributed by atoms with Gasteiger partial charge in [-0.3, -0.25) is 14.6 Å². The molecule has 3 aromatic rings. The van der Waals surface area contributed by atoms with Crippen LogP contribution in [0, 0.1) is 11.8 Å². The first kappa shape index (κ1) is 33.0. The van der Waals surface area contributed by atoms with E-state index in [1.165, 1.54) is 61.3 Å². The number of benzene rings is 3. The summed E-state index contributed by atoms with van der Waals surface area (Å²) in [5.41, 5.74) is 5.54. The van der Waals surface area contributed by atoms with Crippen LogP contribution < -0.4 is 9.47 Å². The maximum atomic E-state index is 12.2. The molecule has 1 N–H and O–H groups in total. The van der Waals surface area contributed by atoms with Crippen molar-refractivity contribution >= 4 is 5.97 Å². The number of piperidine rings is 1. The molecule has 2 bridgehead atoms. The second-order valence-electron chi connectivity index (χ2n) is 15.7. The first-order valence-electron chi connectivity index (χ1n) is 19.3. The van der Waals surface area contributed by atoms with E-state index in [2.05, 4.69) is 76.5 Å². The van der Waals surface area contributed by atoms with Crippen molar-refractivity contribution in [2.45, 2.75) is 114 Å². The Bertz CT molecular complexity index is 1600. The van der Waals surface area contributed by atoms with E-state index in [0.29, 0.717) is 29.7 Å². The molecule has 49 heavy (non-hydrogen) atoms. The van der Waals surface area contributed by atoms with E-state index in [0.717, 1.165) is 76.9 Å². The van der Waals surface area contributed by atoms with E-state index < -0.39 is 0 Å². The fourth-order valence-electron chi connectivity index (χ4n) is 10.4. The summed E-state index contributed by atoms with van der Waals surface area (Å²) >= 11 is 0. The molecule has 7 atom stereocenters. The minimum Gasteiger partial charge on any atom is -0.484 e. The van der Waals surface area contributed by atoms with Gasteiger partial charge in [0.25, 0.3) is 0 Å². The highest BCUT2D eigenvalue weighted by molar-refractivity contribution is 5.72. The lowest BCUT2D eigenvalue weighted by Crippen LogP contribution is -2.69. The van der Waals surface area contributed by atoms with E-state index in [-0.39, 0.29) is 23.6 Å². The lowest BCUT2D eigenvalue weighted by molar-refractivity contribution is -0.132. The zero-order chi connectivity index (χ0) is 33.4. The van der Waals surface area contributed by atoms with Crippen LogP contribution in [0.4, 0.5) is 0 Å². The van der Waals surface area contributed by atoms with E-state index in [4.69, 9.17) is 9.47 Å². The van der Waals surface area contributed by atoms with Gasteiger partial charge >= 0.3 is 5.97 Å². The minimum atomic E-state index is -0.290. The smallest absolute Gasteiger partial charge is 0.308 e. The van der Waals surface area contributed by atoms with Gasteiger partial charge in [0.1, 0.15) is 6.10 Å². The molecule has 3 fully saturated rings. The Hall–Kier alpha value is -3.19. The summed E-state index contributed by atoms with van der Waals surface area (Å²) in [7, 11) is 0. The Kier molecular flexibility index (Phi) is 9.56. The molecule has 5 aliphatic rings. The monoisotopic (exact) mass is 662 g/mol. The Morgan fingerprint density at radius 3 is 2.33 bits per heavy atom. The summed E-state index contributed by atoms with van der Waals surface area (Å²) < 4.78 is 13.1. The number of aliphatic hydroxyl groups excluding tert-OH is 1. The van der Waals surface area contributed by atoms with Crippen LogP contribution in [-0.4, -0.2) is 71.3 Å². The minimum absolute atomic E-state index is 0.0569. The molecule has 0 amide bonds. The summed E-state index contributed by atoms with van der Waals surface area (Å²) in [5, 5.41) is 10.2. The van der Waals surface area contributed by atoms with E-state index >= 15 is 0 Å². The number of unbranched alkanes of at least 4 members (excludes halogenated alkanes) is 3. The number of ether oxygens (including phenoxy) is 2. The van der Waals surface area contributed by atoms with Crippen LogP contribution in [0.25, 0.3) is 0 Å². The quantitative estimate of drug-likeness (QED) is 0.106. The molecule has 1 saturated heterocycles. The molecule has 3 aliphatic carbocycles. The number of carbonyl (C=O) groups excluding carboxylic acids is 1. The SMILES string of the molecule is CC(=O)Oc1ccc2c3c1O[C@H]1[C@@H](N(CCCCCCc4ccccc4)CCCc4ccccc4)CC[C@H]4[C@@H](C2)N(CC2CC2O)CC[C@@]341. The van der Waals surface area contributed by atoms with Crippen molar-refractivity contribution < 1.29 is 19.4 Å². The molecular formula is C43H54N2O4. The number of aryl methyl sites for hydroxylation is 2. The first-order valence-corrected chi connectivity index (χ1v) is 19.3. The number of carbonyl (C=O) groups is 1. The highest BCUT2D eigenvalue weighted by Crippen LogP contribution is 2.64. The molecule has 1 spiro atoms. The van der Waals surface area contributed by atoms with Crippen LogP contribution >= 0.6 is 0 Å². The van der Waals surface area contributed by atoms with Crippen molar-refractivity contribution in [3.63, 3.8) is 0 Å². The van der Waals surface area contributed by atoms with Gasteiger partial charge in [0.2, 0.25) is 0 Å². The number of aliphatic hydroxyl groups is 1. The summed E-state index contributed by atoms with van der Waals surface area (Å²) in [4.78, 5) is 17.8. The van der Waals surface area contributed by atoms with Gasteiger partial charge in [-0.15, -0.1) is 0 Å². The molecule has 0 radical (unpaired) electrons. The van der Waals surface area contributed by atoms with Crippen LogP contribution in [0.1, 0.15) is 87.0 Å². The van der Waals surface area contributed by atoms with Crippen molar-refractivity contribution in [3.05, 3.63) is 95.1 Å². The lowest BCUT2D eigenvalue weighted by Gasteiger charge is -2.60. The fourth-order valence-corrected chi connectivity index (χ4v) is 10.4. The summed E-state index contributed by atoms with van der Waals surface area (Å²) in [6.07, 6.45) is 13.6. The second kappa shape index (κ2) is 14.2. The summed E-state index contributed by atoms with van der Waals surface area (Å²) in [6.45, 7) is 5.72.